The van der Waals surface area contributed by atoms with Gasteiger partial charge in [-0.2, -0.15) is 0 Å². The molecule has 0 amide bonds. The molecule has 0 fully saturated rings. The molecule has 1 aliphatic carbocycles. The van der Waals surface area contributed by atoms with Gasteiger partial charge in [-0.05, 0) is 30.0 Å². The Balaban J connectivity index is 1.86. The molecule has 0 spiro atoms. The Morgan fingerprint density at radius 3 is 2.30 bits per heavy atom. The van der Waals surface area contributed by atoms with Gasteiger partial charge in [0.25, 0.3) is 0 Å². The zero-order chi connectivity index (χ0) is 15.6. The van der Waals surface area contributed by atoms with Crippen molar-refractivity contribution in [2.75, 3.05) is 0 Å². The van der Waals surface area contributed by atoms with Crippen LogP contribution in [-0.4, -0.2) is 10.4 Å². The monoisotopic (exact) mass is 301 g/mol. The number of Topliss-reactive ketones (excluding diaryl/α,β-unsaturated/α-hetero) is 1. The lowest BCUT2D eigenvalue weighted by Gasteiger charge is -2.17. The van der Waals surface area contributed by atoms with Crippen LogP contribution in [0.15, 0.2) is 66.7 Å². The highest BCUT2D eigenvalue weighted by molar-refractivity contribution is 5.99. The second-order valence-electron chi connectivity index (χ2n) is 6.10. The van der Waals surface area contributed by atoms with Crippen LogP contribution in [0.1, 0.15) is 34.5 Å². The quantitative estimate of drug-likeness (QED) is 0.686. The Hall–Kier alpha value is -2.61. The second-order valence-corrected chi connectivity index (χ2v) is 6.10. The molecule has 2 heteroatoms. The first-order valence-electron chi connectivity index (χ1n) is 8.18. The van der Waals surface area contributed by atoms with Crippen molar-refractivity contribution < 1.29 is 4.79 Å². The number of benzene rings is 2. The molecule has 114 valence electrons. The second kappa shape index (κ2) is 5.88. The van der Waals surface area contributed by atoms with E-state index in [1.165, 1.54) is 16.8 Å². The molecule has 2 nitrogen and oxygen atoms in total. The van der Waals surface area contributed by atoms with Gasteiger partial charge in [-0.15, -0.1) is 0 Å². The molecular formula is C21H19NO. The average Bonchev–Trinajstić information content (AvgIpc) is 2.97. The van der Waals surface area contributed by atoms with E-state index in [-0.39, 0.29) is 5.78 Å². The highest BCUT2D eigenvalue weighted by atomic mass is 16.1. The van der Waals surface area contributed by atoms with Gasteiger partial charge in [0.1, 0.15) is 0 Å². The molecule has 0 atom stereocenters. The van der Waals surface area contributed by atoms with Crippen LogP contribution in [0.25, 0.3) is 11.3 Å². The molecule has 0 unspecified atom stereocenters. The molecule has 0 aliphatic heterocycles. The zero-order valence-corrected chi connectivity index (χ0v) is 13.0. The van der Waals surface area contributed by atoms with Crippen molar-refractivity contribution in [1.82, 2.24) is 4.57 Å². The molecule has 0 saturated heterocycles. The van der Waals surface area contributed by atoms with Gasteiger partial charge in [-0.1, -0.05) is 60.7 Å². The summed E-state index contributed by atoms with van der Waals surface area (Å²) in [6, 6.07) is 22.9. The molecule has 1 aliphatic rings. The van der Waals surface area contributed by atoms with Crippen LogP contribution >= 0.6 is 0 Å². The van der Waals surface area contributed by atoms with Gasteiger partial charge in [0, 0.05) is 29.9 Å². The molecule has 0 saturated carbocycles. The summed E-state index contributed by atoms with van der Waals surface area (Å²) in [7, 11) is 0. The predicted molar refractivity (Wildman–Crippen MR) is 92.7 cm³/mol. The van der Waals surface area contributed by atoms with Crippen molar-refractivity contribution in [3.63, 3.8) is 0 Å². The summed E-state index contributed by atoms with van der Waals surface area (Å²) in [5.41, 5.74) is 5.71. The van der Waals surface area contributed by atoms with Crippen molar-refractivity contribution in [2.45, 2.75) is 25.8 Å². The number of carbonyl (C=O) groups excluding carboxylic acids is 1. The standard InChI is InChI=1S/C21H19NO/c23-21-13-7-12-19-18(21)14-20(17-10-5-2-6-11-17)22(19)15-16-8-3-1-4-9-16/h1-6,8-11,14H,7,12-13,15H2. The number of hydrogen-bond acceptors (Lipinski definition) is 1. The first kappa shape index (κ1) is 14.0. The van der Waals surface area contributed by atoms with Gasteiger partial charge in [0.05, 0.1) is 0 Å². The summed E-state index contributed by atoms with van der Waals surface area (Å²) in [5, 5.41) is 0. The zero-order valence-electron chi connectivity index (χ0n) is 13.0. The lowest BCUT2D eigenvalue weighted by Crippen LogP contribution is -2.14. The summed E-state index contributed by atoms with van der Waals surface area (Å²) in [6.07, 6.45) is 2.62. The van der Waals surface area contributed by atoms with E-state index >= 15 is 0 Å². The fourth-order valence-corrected chi connectivity index (χ4v) is 3.45. The van der Waals surface area contributed by atoms with E-state index in [9.17, 15) is 4.79 Å². The van der Waals surface area contributed by atoms with Crippen molar-refractivity contribution in [2.24, 2.45) is 0 Å². The third kappa shape index (κ3) is 2.61. The summed E-state index contributed by atoms with van der Waals surface area (Å²) < 4.78 is 2.33. The Bertz CT molecular complexity index is 831. The van der Waals surface area contributed by atoms with Gasteiger partial charge < -0.3 is 4.57 Å². The Kier molecular flexibility index (Phi) is 3.58. The lowest BCUT2D eigenvalue weighted by atomic mass is 9.96. The maximum Gasteiger partial charge on any atom is 0.164 e. The van der Waals surface area contributed by atoms with Crippen molar-refractivity contribution >= 4 is 5.78 Å². The van der Waals surface area contributed by atoms with Crippen LogP contribution in [0.2, 0.25) is 0 Å². The van der Waals surface area contributed by atoms with E-state index < -0.39 is 0 Å². The Morgan fingerprint density at radius 1 is 0.870 bits per heavy atom. The minimum atomic E-state index is 0.287. The third-order valence-corrected chi connectivity index (χ3v) is 4.58. The topological polar surface area (TPSA) is 22.0 Å². The first-order chi connectivity index (χ1) is 11.3. The molecule has 0 N–H and O–H groups in total. The number of carbonyl (C=O) groups is 1. The number of hydrogen-bond donors (Lipinski definition) is 0. The molecule has 23 heavy (non-hydrogen) atoms. The first-order valence-corrected chi connectivity index (χ1v) is 8.18. The maximum atomic E-state index is 12.3. The number of fused-ring (bicyclic) bond motifs is 1. The molecule has 4 rings (SSSR count). The van der Waals surface area contributed by atoms with Gasteiger partial charge in [-0.25, -0.2) is 0 Å². The maximum absolute atomic E-state index is 12.3. The minimum absolute atomic E-state index is 0.287. The van der Waals surface area contributed by atoms with Crippen LogP contribution in [0, 0.1) is 0 Å². The highest BCUT2D eigenvalue weighted by Crippen LogP contribution is 2.31. The van der Waals surface area contributed by atoms with Gasteiger partial charge >= 0.3 is 0 Å². The minimum Gasteiger partial charge on any atom is -0.339 e. The normalized spacial score (nSPS) is 13.8. The van der Waals surface area contributed by atoms with E-state index in [0.29, 0.717) is 6.42 Å². The predicted octanol–water partition coefficient (Wildman–Crippen LogP) is 4.72. The van der Waals surface area contributed by atoms with E-state index in [1.54, 1.807) is 0 Å². The highest BCUT2D eigenvalue weighted by Gasteiger charge is 2.24. The van der Waals surface area contributed by atoms with Gasteiger partial charge in [0.2, 0.25) is 0 Å². The number of nitrogens with zero attached hydrogens (tertiary/aromatic N) is 1. The Morgan fingerprint density at radius 2 is 1.57 bits per heavy atom. The van der Waals surface area contributed by atoms with Crippen LogP contribution in [-0.2, 0) is 13.0 Å². The molecule has 1 heterocycles. The fraction of sp³-hybridized carbons (Fsp3) is 0.190. The largest absolute Gasteiger partial charge is 0.339 e. The van der Waals surface area contributed by atoms with E-state index in [2.05, 4.69) is 59.2 Å². The SMILES string of the molecule is O=C1CCCc2c1cc(-c1ccccc1)n2Cc1ccccc1. The number of aromatic nitrogens is 1. The fourth-order valence-electron chi connectivity index (χ4n) is 3.45. The van der Waals surface area contributed by atoms with Crippen molar-refractivity contribution in [3.8, 4) is 11.3 Å². The molecular weight excluding hydrogens is 282 g/mol. The smallest absolute Gasteiger partial charge is 0.164 e. The number of rotatable bonds is 3. The molecule has 0 radical (unpaired) electrons. The molecule has 3 aromatic rings. The average molecular weight is 301 g/mol. The van der Waals surface area contributed by atoms with Gasteiger partial charge in [-0.3, -0.25) is 4.79 Å². The lowest BCUT2D eigenvalue weighted by molar-refractivity contribution is 0.0972. The van der Waals surface area contributed by atoms with Crippen LogP contribution in [0.3, 0.4) is 0 Å². The molecule has 0 bridgehead atoms. The number of ketones is 1. The summed E-state index contributed by atoms with van der Waals surface area (Å²) >= 11 is 0. The van der Waals surface area contributed by atoms with Crippen LogP contribution < -0.4 is 0 Å². The van der Waals surface area contributed by atoms with Crippen molar-refractivity contribution in [1.29, 1.82) is 0 Å². The summed E-state index contributed by atoms with van der Waals surface area (Å²) in [4.78, 5) is 12.3. The van der Waals surface area contributed by atoms with E-state index in [0.717, 1.165) is 30.6 Å². The third-order valence-electron chi connectivity index (χ3n) is 4.58. The van der Waals surface area contributed by atoms with Crippen LogP contribution in [0.4, 0.5) is 0 Å². The van der Waals surface area contributed by atoms with Gasteiger partial charge in [0.15, 0.2) is 5.78 Å². The van der Waals surface area contributed by atoms with Crippen molar-refractivity contribution in [3.05, 3.63) is 83.6 Å². The van der Waals surface area contributed by atoms with E-state index in [1.807, 2.05) is 12.1 Å². The van der Waals surface area contributed by atoms with Crippen LogP contribution in [0.5, 0.6) is 0 Å². The summed E-state index contributed by atoms with van der Waals surface area (Å²) in [6.45, 7) is 0.813. The molecule has 1 aromatic heterocycles. The van der Waals surface area contributed by atoms with E-state index in [4.69, 9.17) is 0 Å². The summed E-state index contributed by atoms with van der Waals surface area (Å²) in [5.74, 6) is 0.287. The molecule has 2 aromatic carbocycles. The Labute approximate surface area is 136 Å².